The summed E-state index contributed by atoms with van der Waals surface area (Å²) in [5, 5.41) is 0. The SMILES string of the molecule is NC1=CC(N)(N)C(N)C=C1. The van der Waals surface area contributed by atoms with E-state index in [0.29, 0.717) is 5.70 Å². The summed E-state index contributed by atoms with van der Waals surface area (Å²) in [6, 6.07) is -0.347. The predicted octanol–water partition coefficient (Wildman–Crippen LogP) is -1.66. The highest BCUT2D eigenvalue weighted by molar-refractivity contribution is 5.30. The zero-order valence-electron chi connectivity index (χ0n) is 5.62. The Hall–Kier alpha value is -0.840. The summed E-state index contributed by atoms with van der Waals surface area (Å²) in [5.74, 6) is 0. The molecule has 0 amide bonds. The molecule has 0 bridgehead atoms. The summed E-state index contributed by atoms with van der Waals surface area (Å²) < 4.78 is 0. The maximum absolute atomic E-state index is 5.56. The fourth-order valence-corrected chi connectivity index (χ4v) is 0.814. The first kappa shape index (κ1) is 7.27. The highest BCUT2D eigenvalue weighted by atomic mass is 15.0. The van der Waals surface area contributed by atoms with E-state index >= 15 is 0 Å². The summed E-state index contributed by atoms with van der Waals surface area (Å²) in [6.45, 7) is 0. The van der Waals surface area contributed by atoms with Crippen LogP contribution in [-0.2, 0) is 0 Å². The molecule has 1 aliphatic rings. The van der Waals surface area contributed by atoms with Crippen molar-refractivity contribution in [3.63, 3.8) is 0 Å². The Morgan fingerprint density at radius 3 is 2.40 bits per heavy atom. The van der Waals surface area contributed by atoms with Crippen molar-refractivity contribution in [2.24, 2.45) is 22.9 Å². The van der Waals surface area contributed by atoms with Crippen LogP contribution in [0, 0.1) is 0 Å². The third kappa shape index (κ3) is 1.18. The summed E-state index contributed by atoms with van der Waals surface area (Å²) in [6.07, 6.45) is 4.94. The molecule has 1 atom stereocenters. The summed E-state index contributed by atoms with van der Waals surface area (Å²) in [7, 11) is 0. The van der Waals surface area contributed by atoms with Gasteiger partial charge in [-0.2, -0.15) is 0 Å². The fourth-order valence-electron chi connectivity index (χ4n) is 0.814. The first-order chi connectivity index (χ1) is 4.52. The second-order valence-electron chi connectivity index (χ2n) is 2.53. The third-order valence-electron chi connectivity index (χ3n) is 1.49. The lowest BCUT2D eigenvalue weighted by molar-refractivity contribution is 0.485. The number of allylic oxidation sites excluding steroid dienone is 1. The van der Waals surface area contributed by atoms with Crippen LogP contribution in [0.4, 0.5) is 0 Å². The molecule has 4 nitrogen and oxygen atoms in total. The average molecular weight is 140 g/mol. The van der Waals surface area contributed by atoms with Gasteiger partial charge >= 0.3 is 0 Å². The Morgan fingerprint density at radius 2 is 2.00 bits per heavy atom. The van der Waals surface area contributed by atoms with E-state index in [1.165, 1.54) is 0 Å². The van der Waals surface area contributed by atoms with Crippen molar-refractivity contribution in [2.75, 3.05) is 0 Å². The number of hydrogen-bond donors (Lipinski definition) is 4. The highest BCUT2D eigenvalue weighted by Crippen LogP contribution is 2.09. The Kier molecular flexibility index (Phi) is 1.52. The standard InChI is InChI=1S/C6H12N4/c7-4-1-2-5(8)6(9,10)3-4/h1-3,5H,7-10H2. The zero-order chi connectivity index (χ0) is 7.78. The van der Waals surface area contributed by atoms with Crippen molar-refractivity contribution in [3.8, 4) is 0 Å². The maximum atomic E-state index is 5.56. The van der Waals surface area contributed by atoms with Gasteiger partial charge in [-0.05, 0) is 12.2 Å². The molecular weight excluding hydrogens is 128 g/mol. The van der Waals surface area contributed by atoms with Crippen LogP contribution >= 0.6 is 0 Å². The second kappa shape index (κ2) is 2.09. The topological polar surface area (TPSA) is 104 Å². The molecule has 10 heavy (non-hydrogen) atoms. The molecule has 0 aromatic heterocycles. The molecule has 0 aliphatic heterocycles. The number of nitrogens with two attached hydrogens (primary N) is 4. The normalized spacial score (nSPS) is 29.9. The Bertz CT molecular complexity index is 192. The largest absolute Gasteiger partial charge is 0.399 e. The predicted molar refractivity (Wildman–Crippen MR) is 40.5 cm³/mol. The molecule has 0 fully saturated rings. The van der Waals surface area contributed by atoms with Gasteiger partial charge in [0.15, 0.2) is 0 Å². The molecule has 0 spiro atoms. The Balaban J connectivity index is 2.88. The van der Waals surface area contributed by atoms with Gasteiger partial charge in [0.05, 0.1) is 6.04 Å². The zero-order valence-corrected chi connectivity index (χ0v) is 5.62. The molecule has 8 N–H and O–H groups in total. The summed E-state index contributed by atoms with van der Waals surface area (Å²) >= 11 is 0. The summed E-state index contributed by atoms with van der Waals surface area (Å²) in [4.78, 5) is 0. The van der Waals surface area contributed by atoms with Gasteiger partial charge in [-0.25, -0.2) is 0 Å². The molecule has 1 aliphatic carbocycles. The molecule has 4 heteroatoms. The van der Waals surface area contributed by atoms with Gasteiger partial charge in [-0.3, -0.25) is 0 Å². The number of rotatable bonds is 0. The van der Waals surface area contributed by atoms with Gasteiger partial charge < -0.3 is 22.9 Å². The van der Waals surface area contributed by atoms with Crippen LogP contribution in [0.25, 0.3) is 0 Å². The summed E-state index contributed by atoms with van der Waals surface area (Å²) in [5.41, 5.74) is 21.7. The van der Waals surface area contributed by atoms with Crippen LogP contribution in [0.2, 0.25) is 0 Å². The van der Waals surface area contributed by atoms with Crippen molar-refractivity contribution in [1.82, 2.24) is 0 Å². The minimum absolute atomic E-state index is 0.347. The van der Waals surface area contributed by atoms with Crippen molar-refractivity contribution in [1.29, 1.82) is 0 Å². The van der Waals surface area contributed by atoms with E-state index in [0.717, 1.165) is 0 Å². The van der Waals surface area contributed by atoms with Crippen LogP contribution in [0.1, 0.15) is 0 Å². The molecule has 0 saturated carbocycles. The van der Waals surface area contributed by atoms with E-state index in [4.69, 9.17) is 22.9 Å². The van der Waals surface area contributed by atoms with E-state index in [1.807, 2.05) is 0 Å². The van der Waals surface area contributed by atoms with Crippen LogP contribution in [0.3, 0.4) is 0 Å². The van der Waals surface area contributed by atoms with Crippen molar-refractivity contribution in [3.05, 3.63) is 23.9 Å². The molecule has 56 valence electrons. The molecule has 1 rings (SSSR count). The van der Waals surface area contributed by atoms with Crippen molar-refractivity contribution >= 4 is 0 Å². The molecule has 0 aromatic carbocycles. The molecule has 0 radical (unpaired) electrons. The molecule has 1 unspecified atom stereocenters. The van der Waals surface area contributed by atoms with Gasteiger partial charge in [-0.1, -0.05) is 6.08 Å². The molecule has 0 aromatic rings. The highest BCUT2D eigenvalue weighted by Gasteiger charge is 2.25. The van der Waals surface area contributed by atoms with E-state index in [-0.39, 0.29) is 6.04 Å². The quantitative estimate of drug-likeness (QED) is 0.302. The van der Waals surface area contributed by atoms with Gasteiger partial charge in [0.2, 0.25) is 0 Å². The van der Waals surface area contributed by atoms with E-state index in [2.05, 4.69) is 0 Å². The third-order valence-corrected chi connectivity index (χ3v) is 1.49. The molecular formula is C6H12N4. The monoisotopic (exact) mass is 140 g/mol. The molecule has 0 heterocycles. The minimum atomic E-state index is -0.987. The minimum Gasteiger partial charge on any atom is -0.399 e. The Labute approximate surface area is 59.5 Å². The maximum Gasteiger partial charge on any atom is 0.104 e. The fraction of sp³-hybridized carbons (Fsp3) is 0.333. The number of hydrogen-bond acceptors (Lipinski definition) is 4. The lowest BCUT2D eigenvalue weighted by atomic mass is 9.97. The van der Waals surface area contributed by atoms with Crippen molar-refractivity contribution < 1.29 is 0 Å². The van der Waals surface area contributed by atoms with Crippen molar-refractivity contribution in [2.45, 2.75) is 11.7 Å². The van der Waals surface area contributed by atoms with Crippen LogP contribution < -0.4 is 22.9 Å². The van der Waals surface area contributed by atoms with Crippen LogP contribution in [0.5, 0.6) is 0 Å². The smallest absolute Gasteiger partial charge is 0.104 e. The van der Waals surface area contributed by atoms with Gasteiger partial charge in [-0.15, -0.1) is 0 Å². The first-order valence-electron chi connectivity index (χ1n) is 3.02. The molecule has 0 saturated heterocycles. The van der Waals surface area contributed by atoms with E-state index in [9.17, 15) is 0 Å². The van der Waals surface area contributed by atoms with Crippen LogP contribution in [0.15, 0.2) is 23.9 Å². The van der Waals surface area contributed by atoms with E-state index < -0.39 is 5.66 Å². The van der Waals surface area contributed by atoms with Gasteiger partial charge in [0.1, 0.15) is 5.66 Å². The van der Waals surface area contributed by atoms with E-state index in [1.54, 1.807) is 18.2 Å². The first-order valence-corrected chi connectivity index (χ1v) is 3.02. The van der Waals surface area contributed by atoms with Gasteiger partial charge in [0, 0.05) is 5.70 Å². The average Bonchev–Trinajstić information content (AvgIpc) is 1.78. The van der Waals surface area contributed by atoms with Crippen LogP contribution in [-0.4, -0.2) is 11.7 Å². The lowest BCUT2D eigenvalue weighted by Gasteiger charge is -2.28. The van der Waals surface area contributed by atoms with Gasteiger partial charge in [0.25, 0.3) is 0 Å². The second-order valence-corrected chi connectivity index (χ2v) is 2.53. The Morgan fingerprint density at radius 1 is 1.40 bits per heavy atom. The lowest BCUT2D eigenvalue weighted by Crippen LogP contribution is -2.61.